The van der Waals surface area contributed by atoms with Gasteiger partial charge in [0.1, 0.15) is 12.2 Å². The number of hydrogen-bond acceptors (Lipinski definition) is 5. The highest BCUT2D eigenvalue weighted by molar-refractivity contribution is 5.14. The van der Waals surface area contributed by atoms with E-state index in [1.165, 1.54) is 0 Å². The van der Waals surface area contributed by atoms with Crippen LogP contribution in [0.3, 0.4) is 0 Å². The molecule has 0 aliphatic carbocycles. The normalized spacial score (nSPS) is 16.5. The number of benzene rings is 1. The average molecular weight is 241 g/mol. The fourth-order valence-electron chi connectivity index (χ4n) is 1.45. The number of nitrogens with one attached hydrogen (secondary N) is 1. The van der Waals surface area contributed by atoms with Crippen molar-refractivity contribution < 1.29 is 20.4 Å². The molecule has 0 bridgehead atoms. The number of aliphatic hydroxyl groups excluding tert-OH is 4. The molecule has 1 rings (SSSR count). The van der Waals surface area contributed by atoms with Gasteiger partial charge in [-0.15, -0.1) is 0 Å². The highest BCUT2D eigenvalue weighted by Gasteiger charge is 2.23. The lowest BCUT2D eigenvalue weighted by Crippen LogP contribution is -2.44. The van der Waals surface area contributed by atoms with Crippen molar-refractivity contribution in [3.63, 3.8) is 0 Å². The molecule has 5 nitrogen and oxygen atoms in total. The lowest BCUT2D eigenvalue weighted by Gasteiger charge is -2.21. The molecule has 0 fully saturated rings. The maximum absolute atomic E-state index is 9.51. The summed E-state index contributed by atoms with van der Waals surface area (Å²) in [5, 5.41) is 39.6. The molecular weight excluding hydrogens is 222 g/mol. The first kappa shape index (κ1) is 14.1. The zero-order valence-electron chi connectivity index (χ0n) is 9.53. The van der Waals surface area contributed by atoms with E-state index in [4.69, 9.17) is 10.2 Å². The number of aliphatic hydroxyl groups is 4. The van der Waals surface area contributed by atoms with Gasteiger partial charge >= 0.3 is 0 Å². The van der Waals surface area contributed by atoms with E-state index in [9.17, 15) is 10.2 Å². The van der Waals surface area contributed by atoms with E-state index in [0.29, 0.717) is 6.54 Å². The molecule has 0 amide bonds. The van der Waals surface area contributed by atoms with Crippen molar-refractivity contribution in [2.45, 2.75) is 24.9 Å². The SMILES string of the molecule is OC[C@H](O)[C@@H](O)[C@H](O)CNCc1ccccc1. The molecule has 5 N–H and O–H groups in total. The summed E-state index contributed by atoms with van der Waals surface area (Å²) in [6, 6.07) is 9.63. The molecule has 96 valence electrons. The zero-order valence-corrected chi connectivity index (χ0v) is 9.53. The quantitative estimate of drug-likeness (QED) is 0.416. The Bertz CT molecular complexity index is 307. The summed E-state index contributed by atoms with van der Waals surface area (Å²) < 4.78 is 0. The molecule has 5 heteroatoms. The Kier molecular flexibility index (Phi) is 6.10. The minimum Gasteiger partial charge on any atom is -0.394 e. The van der Waals surface area contributed by atoms with Crippen molar-refractivity contribution in [2.75, 3.05) is 13.2 Å². The molecule has 17 heavy (non-hydrogen) atoms. The van der Waals surface area contributed by atoms with Crippen LogP contribution < -0.4 is 5.32 Å². The van der Waals surface area contributed by atoms with Gasteiger partial charge in [0.2, 0.25) is 0 Å². The van der Waals surface area contributed by atoms with Crippen molar-refractivity contribution in [3.05, 3.63) is 35.9 Å². The second-order valence-corrected chi connectivity index (χ2v) is 3.92. The van der Waals surface area contributed by atoms with Gasteiger partial charge in [0, 0.05) is 13.1 Å². The molecule has 0 saturated heterocycles. The highest BCUT2D eigenvalue weighted by atomic mass is 16.4. The molecule has 0 radical (unpaired) electrons. The fraction of sp³-hybridized carbons (Fsp3) is 0.500. The van der Waals surface area contributed by atoms with E-state index in [1.54, 1.807) is 0 Å². The third-order valence-electron chi connectivity index (χ3n) is 2.50. The van der Waals surface area contributed by atoms with Crippen LogP contribution in [0.5, 0.6) is 0 Å². The Labute approximate surface area is 100 Å². The average Bonchev–Trinajstić information content (AvgIpc) is 2.38. The summed E-state index contributed by atoms with van der Waals surface area (Å²) in [6.07, 6.45) is -3.77. The maximum atomic E-state index is 9.51. The van der Waals surface area contributed by atoms with Crippen LogP contribution in [0.1, 0.15) is 5.56 Å². The molecule has 0 unspecified atom stereocenters. The van der Waals surface area contributed by atoms with Gasteiger partial charge in [0.25, 0.3) is 0 Å². The topological polar surface area (TPSA) is 93.0 Å². The van der Waals surface area contributed by atoms with Crippen LogP contribution in [0, 0.1) is 0 Å². The van der Waals surface area contributed by atoms with Crippen molar-refractivity contribution in [1.82, 2.24) is 5.32 Å². The van der Waals surface area contributed by atoms with E-state index in [-0.39, 0.29) is 6.54 Å². The summed E-state index contributed by atoms with van der Waals surface area (Å²) in [5.41, 5.74) is 1.07. The number of rotatable bonds is 7. The lowest BCUT2D eigenvalue weighted by atomic mass is 10.1. The molecular formula is C12H19NO4. The Hall–Kier alpha value is -0.980. The molecule has 0 aliphatic heterocycles. The third kappa shape index (κ3) is 4.80. The van der Waals surface area contributed by atoms with E-state index in [0.717, 1.165) is 5.56 Å². The molecule has 1 aromatic carbocycles. The number of hydrogen-bond donors (Lipinski definition) is 5. The molecule has 0 aromatic heterocycles. The summed E-state index contributed by atoms with van der Waals surface area (Å²) >= 11 is 0. The largest absolute Gasteiger partial charge is 0.394 e. The summed E-state index contributed by atoms with van der Waals surface area (Å²) in [4.78, 5) is 0. The lowest BCUT2D eigenvalue weighted by molar-refractivity contribution is -0.0750. The second kappa shape index (κ2) is 7.37. The molecule has 0 aliphatic rings. The van der Waals surface area contributed by atoms with Gasteiger partial charge in [0.15, 0.2) is 0 Å². The van der Waals surface area contributed by atoms with Crippen LogP contribution in [0.2, 0.25) is 0 Å². The molecule has 0 heterocycles. The van der Waals surface area contributed by atoms with E-state index >= 15 is 0 Å². The monoisotopic (exact) mass is 241 g/mol. The standard InChI is InChI=1S/C12H19NO4/c14-8-11(16)12(17)10(15)7-13-6-9-4-2-1-3-5-9/h1-5,10-17H,6-8H2/t10-,11+,12+/m1/s1. The van der Waals surface area contributed by atoms with E-state index < -0.39 is 24.9 Å². The predicted octanol–water partition coefficient (Wildman–Crippen LogP) is -1.15. The van der Waals surface area contributed by atoms with Crippen LogP contribution >= 0.6 is 0 Å². The van der Waals surface area contributed by atoms with Gasteiger partial charge < -0.3 is 25.7 Å². The minimum absolute atomic E-state index is 0.146. The summed E-state index contributed by atoms with van der Waals surface area (Å²) in [5.74, 6) is 0. The van der Waals surface area contributed by atoms with Crippen molar-refractivity contribution >= 4 is 0 Å². The van der Waals surface area contributed by atoms with Crippen molar-refractivity contribution in [2.24, 2.45) is 0 Å². The van der Waals surface area contributed by atoms with Gasteiger partial charge in [-0.05, 0) is 5.56 Å². The predicted molar refractivity (Wildman–Crippen MR) is 63.3 cm³/mol. The Morgan fingerprint density at radius 2 is 1.65 bits per heavy atom. The molecule has 0 spiro atoms. The highest BCUT2D eigenvalue weighted by Crippen LogP contribution is 2.01. The van der Waals surface area contributed by atoms with Gasteiger partial charge in [-0.3, -0.25) is 0 Å². The van der Waals surface area contributed by atoms with Gasteiger partial charge in [-0.25, -0.2) is 0 Å². The van der Waals surface area contributed by atoms with Gasteiger partial charge in [-0.2, -0.15) is 0 Å². The van der Waals surface area contributed by atoms with Gasteiger partial charge in [-0.1, -0.05) is 30.3 Å². The first-order valence-corrected chi connectivity index (χ1v) is 5.55. The van der Waals surface area contributed by atoms with E-state index in [2.05, 4.69) is 5.32 Å². The first-order chi connectivity index (χ1) is 8.15. The molecule has 1 aromatic rings. The van der Waals surface area contributed by atoms with Gasteiger partial charge in [0.05, 0.1) is 12.7 Å². The Balaban J connectivity index is 2.27. The van der Waals surface area contributed by atoms with Crippen LogP contribution in [0.15, 0.2) is 30.3 Å². The van der Waals surface area contributed by atoms with Crippen LogP contribution in [-0.4, -0.2) is 51.9 Å². The Morgan fingerprint density at radius 3 is 2.24 bits per heavy atom. The third-order valence-corrected chi connectivity index (χ3v) is 2.50. The summed E-state index contributed by atoms with van der Waals surface area (Å²) in [6.45, 7) is 0.143. The Morgan fingerprint density at radius 1 is 1.00 bits per heavy atom. The van der Waals surface area contributed by atoms with Crippen LogP contribution in [0.25, 0.3) is 0 Å². The van der Waals surface area contributed by atoms with E-state index in [1.807, 2.05) is 30.3 Å². The first-order valence-electron chi connectivity index (χ1n) is 5.55. The minimum atomic E-state index is -1.34. The molecule has 3 atom stereocenters. The zero-order chi connectivity index (χ0) is 12.7. The van der Waals surface area contributed by atoms with Crippen molar-refractivity contribution in [1.29, 1.82) is 0 Å². The maximum Gasteiger partial charge on any atom is 0.109 e. The van der Waals surface area contributed by atoms with Crippen LogP contribution in [0.4, 0.5) is 0 Å². The smallest absolute Gasteiger partial charge is 0.109 e. The van der Waals surface area contributed by atoms with Crippen molar-refractivity contribution in [3.8, 4) is 0 Å². The summed E-state index contributed by atoms with van der Waals surface area (Å²) in [7, 11) is 0. The second-order valence-electron chi connectivity index (χ2n) is 3.92. The molecule has 0 saturated carbocycles. The fourth-order valence-corrected chi connectivity index (χ4v) is 1.45. The van der Waals surface area contributed by atoms with Crippen LogP contribution in [-0.2, 0) is 6.54 Å².